The van der Waals surface area contributed by atoms with Crippen molar-refractivity contribution in [1.82, 2.24) is 15.0 Å². The first kappa shape index (κ1) is 68.3. The van der Waals surface area contributed by atoms with Gasteiger partial charge in [0.25, 0.3) is 19.0 Å². The molecule has 0 unspecified atom stereocenters. The van der Waals surface area contributed by atoms with Gasteiger partial charge in [0.2, 0.25) is 11.2 Å². The Labute approximate surface area is 644 Å². The molecule has 0 spiro atoms. The van der Waals surface area contributed by atoms with Gasteiger partial charge in [-0.2, -0.15) is 4.57 Å². The van der Waals surface area contributed by atoms with E-state index in [1.165, 1.54) is 152 Å². The van der Waals surface area contributed by atoms with E-state index in [9.17, 15) is 0 Å². The summed E-state index contributed by atoms with van der Waals surface area (Å²) in [7, 11) is 8.26. The lowest BCUT2D eigenvalue weighted by Gasteiger charge is -2.10. The molecule has 22 rings (SSSR count). The summed E-state index contributed by atoms with van der Waals surface area (Å²) in [6.45, 7) is 17.0. The van der Waals surface area contributed by atoms with Crippen LogP contribution in [0.25, 0.3) is 197 Å². The summed E-state index contributed by atoms with van der Waals surface area (Å²) in [6.07, 6.45) is 5.61. The molecule has 0 fully saturated rings. The number of fused-ring (bicyclic) bond motifs is 18. The van der Waals surface area contributed by atoms with Crippen LogP contribution < -0.4 is 18.3 Å². The first-order valence-electron chi connectivity index (χ1n) is 37.6. The van der Waals surface area contributed by atoms with Gasteiger partial charge in [0.1, 0.15) is 67.8 Å². The van der Waals surface area contributed by atoms with Crippen molar-refractivity contribution in [3.63, 3.8) is 0 Å². The van der Waals surface area contributed by atoms with Crippen LogP contribution in [0.15, 0.2) is 279 Å². The number of aromatic nitrogens is 7. The zero-order valence-corrected chi connectivity index (χ0v) is 64.8. The van der Waals surface area contributed by atoms with E-state index in [-0.39, 0.29) is 0 Å². The minimum Gasteiger partial charge on any atom is -0.456 e. The van der Waals surface area contributed by atoms with Gasteiger partial charge in [-0.05, 0) is 203 Å². The number of hydrogen-bond donors (Lipinski definition) is 0. The zero-order valence-electron chi connectivity index (χ0n) is 64.0. The van der Waals surface area contributed by atoms with Crippen LogP contribution in [0.3, 0.4) is 0 Å². The first-order chi connectivity index (χ1) is 54.0. The van der Waals surface area contributed by atoms with E-state index in [1.807, 2.05) is 46.9 Å². The summed E-state index contributed by atoms with van der Waals surface area (Å²) in [5.41, 5.74) is 28.6. The standard InChI is InChI=1S/C29H24NO.C24H17N2OS.2C23H19N2O/c1-17-8-7-11-25-28(17)18(2)14-26(30(25)4)22-12-13-23-24-15-20-9-5-6-10-21(20)16-27(24)31-29(23)19(22)3;1-14-17(22-24-20(9-10-28-24)25-13-26(22)2)7-8-18-19-11-15-5-3-4-6-16(15)12-21(19)27-23(14)18;2*1-14-10-21(25(3)13-24-14)18-8-9-19-20-11-16-6-4-5-7-17(16)12-22(20)26-23(19)15(18)2/h5-16H,1-4H3;3-13H,1-2H3;2*4-13H,1-3H3/q4*+1. The van der Waals surface area contributed by atoms with Crippen molar-refractivity contribution in [3.05, 3.63) is 306 Å². The molecule has 22 aromatic rings. The normalized spacial score (nSPS) is 11.8. The molecule has 0 aliphatic rings. The van der Waals surface area contributed by atoms with Gasteiger partial charge < -0.3 is 17.7 Å². The highest BCUT2D eigenvalue weighted by Gasteiger charge is 2.26. The summed E-state index contributed by atoms with van der Waals surface area (Å²) >= 11 is 1.73. The predicted molar refractivity (Wildman–Crippen MR) is 456 cm³/mol. The Balaban J connectivity index is 0.000000100. The SMILES string of the molecule is Cc1c(-c2c3sccc3nc[n+]2C)ccc2c1oc1cc3ccccc3cc12.Cc1c(-c2cc(C)c3c(C)cccc3[n+]2C)ccc2c1oc1cc3ccccc3cc12.Cc1cc(-c2ccc3c(oc4cc5ccccc5cc43)c2C)[n+](C)cn1.Cc1cc(-c2ccc3c(oc4cc5ccccc5cc43)c2C)[n+](C)cn1. The maximum Gasteiger partial charge on any atom is 0.287 e. The van der Waals surface area contributed by atoms with Gasteiger partial charge in [0.05, 0.1) is 32.1 Å². The van der Waals surface area contributed by atoms with Crippen molar-refractivity contribution in [3.8, 4) is 45.0 Å². The third-order valence-electron chi connectivity index (χ3n) is 22.7. The summed E-state index contributed by atoms with van der Waals surface area (Å²) in [5.74, 6) is 0. The molecule has 0 saturated carbocycles. The fraction of sp³-hybridized carbons (Fsp3) is 0.121. The number of pyridine rings is 1. The van der Waals surface area contributed by atoms with Gasteiger partial charge in [-0.25, -0.2) is 13.7 Å². The number of furan rings is 4. The van der Waals surface area contributed by atoms with Crippen LogP contribution in [0, 0.1) is 55.4 Å². The third-order valence-corrected chi connectivity index (χ3v) is 23.6. The number of rotatable bonds is 4. The molecule has 12 heteroatoms. The van der Waals surface area contributed by atoms with Gasteiger partial charge in [-0.3, -0.25) is 0 Å². The van der Waals surface area contributed by atoms with E-state index in [1.54, 1.807) is 11.3 Å². The average molecular weight is 1460 g/mol. The fourth-order valence-corrected chi connectivity index (χ4v) is 17.8. The largest absolute Gasteiger partial charge is 0.456 e. The van der Waals surface area contributed by atoms with Crippen LogP contribution in [0.5, 0.6) is 0 Å². The topological polar surface area (TPSA) is 107 Å². The van der Waals surface area contributed by atoms with Gasteiger partial charge >= 0.3 is 0 Å². The molecule has 0 aliphatic heterocycles. The quantitative estimate of drug-likeness (QED) is 0.162. The maximum absolute atomic E-state index is 6.42. The van der Waals surface area contributed by atoms with Crippen molar-refractivity contribution in [2.45, 2.75) is 55.4 Å². The highest BCUT2D eigenvalue weighted by Crippen LogP contribution is 2.43. The maximum atomic E-state index is 6.42. The molecule has 0 saturated heterocycles. The van der Waals surface area contributed by atoms with Gasteiger partial charge in [0.15, 0.2) is 22.6 Å². The van der Waals surface area contributed by atoms with E-state index in [2.05, 4.69) is 331 Å². The molecule has 0 bridgehead atoms. The Morgan fingerprint density at radius 2 is 0.649 bits per heavy atom. The van der Waals surface area contributed by atoms with E-state index in [0.29, 0.717) is 0 Å². The number of benzene rings is 13. The molecule has 9 heterocycles. The van der Waals surface area contributed by atoms with E-state index in [0.717, 1.165) is 89.6 Å². The molecule has 111 heavy (non-hydrogen) atoms. The monoisotopic (exact) mass is 1460 g/mol. The van der Waals surface area contributed by atoms with Crippen molar-refractivity contribution >= 4 is 163 Å². The molecular weight excluding hydrogens is 1380 g/mol. The molecular formula is C99H79N7O4S+4. The van der Waals surface area contributed by atoms with Crippen molar-refractivity contribution in [1.29, 1.82) is 0 Å². The van der Waals surface area contributed by atoms with Gasteiger partial charge in [-0.1, -0.05) is 119 Å². The van der Waals surface area contributed by atoms with Crippen molar-refractivity contribution in [2.75, 3.05) is 0 Å². The van der Waals surface area contributed by atoms with Crippen LogP contribution >= 0.6 is 11.3 Å². The summed E-state index contributed by atoms with van der Waals surface area (Å²) in [5, 5.41) is 22.6. The number of nitrogens with zero attached hydrogens (tertiary/aromatic N) is 7. The minimum absolute atomic E-state index is 0.939. The Hall–Kier alpha value is -13.3. The van der Waals surface area contributed by atoms with E-state index >= 15 is 0 Å². The Morgan fingerprint density at radius 1 is 0.297 bits per heavy atom. The van der Waals surface area contributed by atoms with Crippen molar-refractivity contribution < 1.29 is 35.9 Å². The second-order valence-corrected chi connectivity index (χ2v) is 30.7. The minimum atomic E-state index is 0.939. The number of aryl methyl sites for hydroxylation is 12. The second kappa shape index (κ2) is 26.8. The summed E-state index contributed by atoms with van der Waals surface area (Å²) in [4.78, 5) is 13.3. The molecule has 11 nitrogen and oxygen atoms in total. The van der Waals surface area contributed by atoms with Crippen LogP contribution in [-0.2, 0) is 28.2 Å². The molecule has 9 aromatic heterocycles. The highest BCUT2D eigenvalue weighted by atomic mass is 32.1. The summed E-state index contributed by atoms with van der Waals surface area (Å²) in [6, 6.07) is 84.0. The molecule has 536 valence electrons. The lowest BCUT2D eigenvalue weighted by Crippen LogP contribution is -2.32. The van der Waals surface area contributed by atoms with Gasteiger partial charge in [0, 0.05) is 126 Å². The number of thiophene rings is 1. The number of hydrogen-bond acceptors (Lipinski definition) is 8. The van der Waals surface area contributed by atoms with Crippen molar-refractivity contribution in [2.24, 2.45) is 28.2 Å². The van der Waals surface area contributed by atoms with Gasteiger partial charge in [-0.15, -0.1) is 11.3 Å². The van der Waals surface area contributed by atoms with Crippen LogP contribution in [0.2, 0.25) is 0 Å². The Bertz CT molecular complexity index is 7440. The predicted octanol–water partition coefficient (Wildman–Crippen LogP) is 23.9. The smallest absolute Gasteiger partial charge is 0.287 e. The average Bonchev–Trinajstić information content (AvgIpc) is 1.69. The van der Waals surface area contributed by atoms with Crippen LogP contribution in [-0.4, -0.2) is 15.0 Å². The summed E-state index contributed by atoms with van der Waals surface area (Å²) < 4.78 is 35.1. The molecule has 0 radical (unpaired) electrons. The Kier molecular flexibility index (Phi) is 16.5. The lowest BCUT2D eigenvalue weighted by atomic mass is 9.97. The molecule has 0 amide bonds. The highest BCUT2D eigenvalue weighted by molar-refractivity contribution is 7.17. The van der Waals surface area contributed by atoms with Crippen LogP contribution in [0.4, 0.5) is 0 Å². The first-order valence-corrected chi connectivity index (χ1v) is 38.5. The molecule has 0 aliphatic carbocycles. The van der Waals surface area contributed by atoms with Crippen LogP contribution in [0.1, 0.15) is 44.8 Å². The molecule has 0 N–H and O–H groups in total. The lowest BCUT2D eigenvalue weighted by molar-refractivity contribution is -0.663. The molecule has 13 aromatic carbocycles. The van der Waals surface area contributed by atoms with E-state index in [4.69, 9.17) is 17.7 Å². The third kappa shape index (κ3) is 11.6. The molecule has 0 atom stereocenters. The van der Waals surface area contributed by atoms with E-state index < -0.39 is 0 Å². The second-order valence-electron chi connectivity index (χ2n) is 29.8. The Morgan fingerprint density at radius 3 is 1.05 bits per heavy atom. The fourth-order valence-electron chi connectivity index (χ4n) is 16.9. The zero-order chi connectivity index (χ0) is 75.8.